The molecule has 1 aromatic heterocycles. The van der Waals surface area contributed by atoms with E-state index in [9.17, 15) is 9.18 Å². The highest BCUT2D eigenvalue weighted by Crippen LogP contribution is 2.31. The predicted octanol–water partition coefficient (Wildman–Crippen LogP) is 3.79. The molecule has 2 aromatic rings. The first kappa shape index (κ1) is 16.4. The molecule has 1 aromatic carbocycles. The number of likely N-dealkylation sites (tertiary alicyclic amines) is 1. The van der Waals surface area contributed by atoms with E-state index in [0.29, 0.717) is 12.4 Å². The Hall–Kier alpha value is -2.50. The van der Waals surface area contributed by atoms with Crippen molar-refractivity contribution in [2.45, 2.75) is 39.2 Å². The van der Waals surface area contributed by atoms with Gasteiger partial charge in [0.25, 0.3) is 0 Å². The maximum atomic E-state index is 13.8. The summed E-state index contributed by atoms with van der Waals surface area (Å²) in [5.74, 6) is 0.529. The molecule has 5 nitrogen and oxygen atoms in total. The Morgan fingerprint density at radius 2 is 2.08 bits per heavy atom. The zero-order valence-electron chi connectivity index (χ0n) is 13.8. The summed E-state index contributed by atoms with van der Waals surface area (Å²) in [6, 6.07) is 7.70. The molecule has 1 amide bonds. The van der Waals surface area contributed by atoms with Gasteiger partial charge in [-0.2, -0.15) is 4.98 Å². The second-order valence-electron chi connectivity index (χ2n) is 5.96. The molecule has 1 aliphatic rings. The molecule has 0 bridgehead atoms. The van der Waals surface area contributed by atoms with Gasteiger partial charge in [-0.15, -0.1) is 0 Å². The number of carbonyl (C=O) groups is 1. The highest BCUT2D eigenvalue weighted by molar-refractivity contribution is 5.73. The summed E-state index contributed by atoms with van der Waals surface area (Å²) in [6.45, 7) is 4.10. The van der Waals surface area contributed by atoms with E-state index in [-0.39, 0.29) is 23.6 Å². The number of ether oxygens (including phenoxy) is 1. The normalized spacial score (nSPS) is 17.6. The average Bonchev–Trinajstić information content (AvgIpc) is 2.56. The topological polar surface area (TPSA) is 55.3 Å². The van der Waals surface area contributed by atoms with Crippen molar-refractivity contribution < 1.29 is 13.9 Å². The molecule has 126 valence electrons. The summed E-state index contributed by atoms with van der Waals surface area (Å²) in [5.41, 5.74) is 0.723. The number of nitrogens with zero attached hydrogens (tertiary/aromatic N) is 3. The fraction of sp³-hybridized carbons (Fsp3) is 0.389. The Morgan fingerprint density at radius 1 is 1.29 bits per heavy atom. The van der Waals surface area contributed by atoms with Gasteiger partial charge in [-0.05, 0) is 38.3 Å². The van der Waals surface area contributed by atoms with Crippen LogP contribution in [0.4, 0.5) is 4.39 Å². The lowest BCUT2D eigenvalue weighted by molar-refractivity contribution is -0.132. The minimum atomic E-state index is -0.446. The zero-order chi connectivity index (χ0) is 17.1. The number of piperidine rings is 1. The van der Waals surface area contributed by atoms with Gasteiger partial charge in [0.2, 0.25) is 11.8 Å². The highest BCUT2D eigenvalue weighted by atomic mass is 19.1. The second-order valence-corrected chi connectivity index (χ2v) is 5.96. The van der Waals surface area contributed by atoms with Crippen LogP contribution in [0.1, 0.15) is 43.7 Å². The van der Waals surface area contributed by atoms with E-state index in [1.165, 1.54) is 6.07 Å². The molecule has 1 aliphatic heterocycles. The number of hydrogen-bond donors (Lipinski definition) is 0. The molecule has 0 unspecified atom stereocenters. The summed E-state index contributed by atoms with van der Waals surface area (Å²) in [5, 5.41) is 0. The largest absolute Gasteiger partial charge is 0.436 e. The van der Waals surface area contributed by atoms with E-state index in [1.807, 2.05) is 6.92 Å². The molecule has 0 aliphatic carbocycles. The van der Waals surface area contributed by atoms with Gasteiger partial charge in [-0.25, -0.2) is 9.37 Å². The number of para-hydroxylation sites is 1. The number of halogens is 1. The van der Waals surface area contributed by atoms with Crippen LogP contribution in [-0.2, 0) is 4.79 Å². The number of carbonyl (C=O) groups excluding carboxylic acids is 1. The molecular formula is C18H20FN3O2. The number of aryl methyl sites for hydroxylation is 1. The summed E-state index contributed by atoms with van der Waals surface area (Å²) >= 11 is 0. The number of rotatable bonds is 3. The van der Waals surface area contributed by atoms with Crippen LogP contribution in [0, 0.1) is 12.7 Å². The van der Waals surface area contributed by atoms with Crippen LogP contribution in [0.5, 0.6) is 11.6 Å². The lowest BCUT2D eigenvalue weighted by Crippen LogP contribution is -2.37. The smallest absolute Gasteiger partial charge is 0.223 e. The summed E-state index contributed by atoms with van der Waals surface area (Å²) in [6.07, 6.45) is 2.83. The number of aromatic nitrogens is 2. The van der Waals surface area contributed by atoms with E-state index in [4.69, 9.17) is 4.74 Å². The van der Waals surface area contributed by atoms with Gasteiger partial charge < -0.3 is 9.64 Å². The van der Waals surface area contributed by atoms with Crippen LogP contribution < -0.4 is 4.74 Å². The Labute approximate surface area is 140 Å². The van der Waals surface area contributed by atoms with E-state index >= 15 is 0 Å². The average molecular weight is 329 g/mol. The molecule has 1 saturated heterocycles. The Morgan fingerprint density at radius 3 is 2.83 bits per heavy atom. The Kier molecular flexibility index (Phi) is 4.74. The van der Waals surface area contributed by atoms with Gasteiger partial charge in [0.15, 0.2) is 17.4 Å². The van der Waals surface area contributed by atoms with Crippen molar-refractivity contribution in [2.75, 3.05) is 6.54 Å². The van der Waals surface area contributed by atoms with Crippen LogP contribution in [0.15, 0.2) is 30.3 Å². The predicted molar refractivity (Wildman–Crippen MR) is 87.2 cm³/mol. The van der Waals surface area contributed by atoms with E-state index in [1.54, 1.807) is 36.1 Å². The lowest BCUT2D eigenvalue weighted by Gasteiger charge is -2.34. The van der Waals surface area contributed by atoms with Crippen molar-refractivity contribution in [1.29, 1.82) is 0 Å². The van der Waals surface area contributed by atoms with Crippen LogP contribution in [0.3, 0.4) is 0 Å². The Balaban J connectivity index is 1.91. The van der Waals surface area contributed by atoms with Crippen molar-refractivity contribution in [2.24, 2.45) is 0 Å². The molecular weight excluding hydrogens is 309 g/mol. The van der Waals surface area contributed by atoms with E-state index in [2.05, 4.69) is 9.97 Å². The molecule has 3 rings (SSSR count). The third-order valence-electron chi connectivity index (χ3n) is 4.10. The van der Waals surface area contributed by atoms with Gasteiger partial charge in [0, 0.05) is 25.2 Å². The molecule has 1 atom stereocenters. The van der Waals surface area contributed by atoms with Gasteiger partial charge in [0.1, 0.15) is 0 Å². The second kappa shape index (κ2) is 6.95. The maximum Gasteiger partial charge on any atom is 0.223 e. The molecule has 24 heavy (non-hydrogen) atoms. The van der Waals surface area contributed by atoms with Gasteiger partial charge in [-0.1, -0.05) is 12.1 Å². The highest BCUT2D eigenvalue weighted by Gasteiger charge is 2.28. The van der Waals surface area contributed by atoms with Crippen LogP contribution in [-0.4, -0.2) is 27.3 Å². The lowest BCUT2D eigenvalue weighted by atomic mass is 10.0. The van der Waals surface area contributed by atoms with Gasteiger partial charge >= 0.3 is 0 Å². The van der Waals surface area contributed by atoms with Crippen molar-refractivity contribution in [3.8, 4) is 11.6 Å². The van der Waals surface area contributed by atoms with Gasteiger partial charge in [-0.3, -0.25) is 4.79 Å². The molecule has 0 radical (unpaired) electrons. The number of hydrogen-bond acceptors (Lipinski definition) is 4. The molecule has 2 heterocycles. The number of amides is 1. The standard InChI is InChI=1S/C18H20FN3O2/c1-12-11-17(24-16-9-4-3-7-14(16)19)21-18(20-12)15-8-5-6-10-22(15)13(2)23/h3-4,7,9,11,15H,5-6,8,10H2,1-2H3/t15-/m1/s1. The van der Waals surface area contributed by atoms with Crippen molar-refractivity contribution in [3.63, 3.8) is 0 Å². The molecule has 0 N–H and O–H groups in total. The quantitative estimate of drug-likeness (QED) is 0.860. The monoisotopic (exact) mass is 329 g/mol. The zero-order valence-corrected chi connectivity index (χ0v) is 13.8. The maximum absolute atomic E-state index is 13.8. The summed E-state index contributed by atoms with van der Waals surface area (Å²) in [7, 11) is 0. The Bertz CT molecular complexity index is 751. The van der Waals surface area contributed by atoms with Crippen LogP contribution in [0.2, 0.25) is 0 Å². The van der Waals surface area contributed by atoms with E-state index < -0.39 is 5.82 Å². The first-order valence-corrected chi connectivity index (χ1v) is 8.10. The van der Waals surface area contributed by atoms with E-state index in [0.717, 1.165) is 25.0 Å². The molecule has 0 saturated carbocycles. The minimum Gasteiger partial charge on any atom is -0.436 e. The third kappa shape index (κ3) is 3.53. The molecule has 6 heteroatoms. The van der Waals surface area contributed by atoms with Crippen molar-refractivity contribution in [3.05, 3.63) is 47.7 Å². The first-order chi connectivity index (χ1) is 11.5. The van der Waals surface area contributed by atoms with Gasteiger partial charge in [0.05, 0.1) is 6.04 Å². The summed E-state index contributed by atoms with van der Waals surface area (Å²) < 4.78 is 19.4. The minimum absolute atomic E-state index is 0.0152. The van der Waals surface area contributed by atoms with Crippen molar-refractivity contribution >= 4 is 5.91 Å². The number of benzene rings is 1. The summed E-state index contributed by atoms with van der Waals surface area (Å²) in [4.78, 5) is 22.6. The first-order valence-electron chi connectivity index (χ1n) is 8.10. The fourth-order valence-corrected chi connectivity index (χ4v) is 2.98. The molecule has 0 spiro atoms. The fourth-order valence-electron chi connectivity index (χ4n) is 2.98. The van der Waals surface area contributed by atoms with Crippen LogP contribution in [0.25, 0.3) is 0 Å². The third-order valence-corrected chi connectivity index (χ3v) is 4.10. The van der Waals surface area contributed by atoms with Crippen molar-refractivity contribution in [1.82, 2.24) is 14.9 Å². The van der Waals surface area contributed by atoms with Crippen LogP contribution >= 0.6 is 0 Å². The molecule has 1 fully saturated rings. The SMILES string of the molecule is CC(=O)N1CCCC[C@@H]1c1nc(C)cc(Oc2ccccc2F)n1.